The molecule has 0 atom stereocenters. The number of oxime groups is 1. The molecule has 0 unspecified atom stereocenters. The maximum Gasteiger partial charge on any atom is 0.128 e. The summed E-state index contributed by atoms with van der Waals surface area (Å²) >= 11 is 3.38. The maximum absolute atomic E-state index is 8.66. The molecule has 98 valence electrons. The van der Waals surface area contributed by atoms with E-state index in [1.165, 1.54) is 11.8 Å². The second kappa shape index (κ2) is 6.38. The Bertz CT molecular complexity index is 596. The molecule has 0 aromatic heterocycles. The molecule has 4 heteroatoms. The van der Waals surface area contributed by atoms with Crippen molar-refractivity contribution in [1.29, 1.82) is 0 Å². The maximum atomic E-state index is 8.66. The van der Waals surface area contributed by atoms with Gasteiger partial charge in [0.05, 0.1) is 6.21 Å². The van der Waals surface area contributed by atoms with Crippen LogP contribution in [0, 0.1) is 6.92 Å². The molecule has 2 rings (SSSR count). The lowest BCUT2D eigenvalue weighted by Gasteiger charge is -2.11. The number of benzene rings is 2. The molecule has 1 N–H and O–H groups in total. The minimum absolute atomic E-state index is 0.487. The van der Waals surface area contributed by atoms with E-state index < -0.39 is 0 Å². The molecule has 3 nitrogen and oxygen atoms in total. The van der Waals surface area contributed by atoms with Gasteiger partial charge in [-0.15, -0.1) is 0 Å². The molecule has 0 fully saturated rings. The molecule has 0 bridgehead atoms. The fourth-order valence-electron chi connectivity index (χ4n) is 1.74. The van der Waals surface area contributed by atoms with Crippen LogP contribution in [0.3, 0.4) is 0 Å². The van der Waals surface area contributed by atoms with E-state index in [-0.39, 0.29) is 0 Å². The fourth-order valence-corrected chi connectivity index (χ4v) is 2.12. The number of halogens is 1. The number of nitrogens with zero attached hydrogens (tertiary/aromatic N) is 1. The first kappa shape index (κ1) is 13.6. The summed E-state index contributed by atoms with van der Waals surface area (Å²) in [6.45, 7) is 2.54. The van der Waals surface area contributed by atoms with Crippen molar-refractivity contribution in [1.82, 2.24) is 0 Å². The molecule has 2 aromatic rings. The van der Waals surface area contributed by atoms with Crippen LogP contribution in [0.5, 0.6) is 5.75 Å². The first-order valence-corrected chi connectivity index (χ1v) is 6.64. The Morgan fingerprint density at radius 3 is 2.79 bits per heavy atom. The monoisotopic (exact) mass is 319 g/mol. The van der Waals surface area contributed by atoms with Crippen molar-refractivity contribution in [3.63, 3.8) is 0 Å². The number of rotatable bonds is 4. The van der Waals surface area contributed by atoms with Crippen molar-refractivity contribution in [2.75, 3.05) is 0 Å². The highest BCUT2D eigenvalue weighted by molar-refractivity contribution is 9.10. The molecular weight excluding hydrogens is 306 g/mol. The Morgan fingerprint density at radius 1 is 1.26 bits per heavy atom. The zero-order valence-corrected chi connectivity index (χ0v) is 12.1. The molecule has 2 aromatic carbocycles. The molecule has 0 saturated carbocycles. The topological polar surface area (TPSA) is 41.8 Å². The number of hydrogen-bond acceptors (Lipinski definition) is 3. The lowest BCUT2D eigenvalue weighted by atomic mass is 10.1. The van der Waals surface area contributed by atoms with Crippen LogP contribution in [0.2, 0.25) is 0 Å². The van der Waals surface area contributed by atoms with Crippen LogP contribution in [-0.4, -0.2) is 11.4 Å². The van der Waals surface area contributed by atoms with Gasteiger partial charge in [-0.2, -0.15) is 0 Å². The van der Waals surface area contributed by atoms with E-state index in [2.05, 4.69) is 34.1 Å². The summed E-state index contributed by atoms with van der Waals surface area (Å²) in [7, 11) is 0. The molecule has 19 heavy (non-hydrogen) atoms. The predicted molar refractivity (Wildman–Crippen MR) is 79.0 cm³/mol. The van der Waals surface area contributed by atoms with Crippen molar-refractivity contribution < 1.29 is 9.94 Å². The van der Waals surface area contributed by atoms with Gasteiger partial charge in [0.2, 0.25) is 0 Å². The SMILES string of the molecule is Cc1ccccc1COc1ccc(Br)cc1C=NO. The summed E-state index contributed by atoms with van der Waals surface area (Å²) in [5.74, 6) is 0.684. The highest BCUT2D eigenvalue weighted by atomic mass is 79.9. The summed E-state index contributed by atoms with van der Waals surface area (Å²) in [4.78, 5) is 0. The largest absolute Gasteiger partial charge is 0.488 e. The molecule has 0 aliphatic carbocycles. The van der Waals surface area contributed by atoms with Crippen LogP contribution in [0.1, 0.15) is 16.7 Å². The van der Waals surface area contributed by atoms with Gasteiger partial charge < -0.3 is 9.94 Å². The van der Waals surface area contributed by atoms with Crippen molar-refractivity contribution >= 4 is 22.1 Å². The minimum Gasteiger partial charge on any atom is -0.488 e. The van der Waals surface area contributed by atoms with Crippen molar-refractivity contribution in [3.8, 4) is 5.75 Å². The third-order valence-electron chi connectivity index (χ3n) is 2.81. The molecular formula is C15H14BrNO2. The summed E-state index contributed by atoms with van der Waals surface area (Å²) in [5, 5.41) is 11.7. The smallest absolute Gasteiger partial charge is 0.128 e. The third kappa shape index (κ3) is 3.58. The van der Waals surface area contributed by atoms with Crippen LogP contribution < -0.4 is 4.74 Å². The Hall–Kier alpha value is -1.81. The third-order valence-corrected chi connectivity index (χ3v) is 3.31. The average Bonchev–Trinajstić information content (AvgIpc) is 2.40. The van der Waals surface area contributed by atoms with E-state index >= 15 is 0 Å². The van der Waals surface area contributed by atoms with Crippen LogP contribution in [0.4, 0.5) is 0 Å². The molecule has 0 radical (unpaired) electrons. The predicted octanol–water partition coefficient (Wildman–Crippen LogP) is 4.14. The average molecular weight is 320 g/mol. The molecule has 0 spiro atoms. The normalized spacial score (nSPS) is 10.8. The Kier molecular flexibility index (Phi) is 4.58. The van der Waals surface area contributed by atoms with Crippen molar-refractivity contribution in [2.24, 2.45) is 5.16 Å². The molecule has 0 heterocycles. The van der Waals surface area contributed by atoms with E-state index in [9.17, 15) is 0 Å². The first-order valence-electron chi connectivity index (χ1n) is 5.85. The van der Waals surface area contributed by atoms with Gasteiger partial charge in [-0.3, -0.25) is 0 Å². The summed E-state index contributed by atoms with van der Waals surface area (Å²) < 4.78 is 6.70. The standard InChI is InChI=1S/C15H14BrNO2/c1-11-4-2-3-5-12(11)10-19-15-7-6-14(16)8-13(15)9-17-18/h2-9,18H,10H2,1H3. The van der Waals surface area contributed by atoms with Gasteiger partial charge in [0.25, 0.3) is 0 Å². The summed E-state index contributed by atoms with van der Waals surface area (Å²) in [5.41, 5.74) is 3.06. The van der Waals surface area contributed by atoms with Gasteiger partial charge in [-0.25, -0.2) is 0 Å². The molecule has 0 aliphatic rings. The van der Waals surface area contributed by atoms with Crippen LogP contribution in [-0.2, 0) is 6.61 Å². The summed E-state index contributed by atoms with van der Waals surface area (Å²) in [6.07, 6.45) is 1.36. The van der Waals surface area contributed by atoms with Gasteiger partial charge >= 0.3 is 0 Å². The van der Waals surface area contributed by atoms with E-state index in [1.54, 1.807) is 0 Å². The van der Waals surface area contributed by atoms with E-state index in [0.717, 1.165) is 15.6 Å². The van der Waals surface area contributed by atoms with Crippen LogP contribution >= 0.6 is 15.9 Å². The highest BCUT2D eigenvalue weighted by Crippen LogP contribution is 2.23. The van der Waals surface area contributed by atoms with Gasteiger partial charge in [-0.05, 0) is 36.2 Å². The van der Waals surface area contributed by atoms with E-state index in [0.29, 0.717) is 12.4 Å². The quantitative estimate of drug-likeness (QED) is 0.522. The number of hydrogen-bond donors (Lipinski definition) is 1. The summed E-state index contributed by atoms with van der Waals surface area (Å²) in [6, 6.07) is 13.7. The Balaban J connectivity index is 2.18. The highest BCUT2D eigenvalue weighted by Gasteiger charge is 2.04. The van der Waals surface area contributed by atoms with Crippen molar-refractivity contribution in [3.05, 3.63) is 63.6 Å². The molecule has 0 saturated heterocycles. The van der Waals surface area contributed by atoms with Gasteiger partial charge in [0.1, 0.15) is 12.4 Å². The van der Waals surface area contributed by atoms with Crippen molar-refractivity contribution in [2.45, 2.75) is 13.5 Å². The first-order chi connectivity index (χ1) is 9.20. The zero-order chi connectivity index (χ0) is 13.7. The fraction of sp³-hybridized carbons (Fsp3) is 0.133. The Labute approximate surface area is 120 Å². The second-order valence-corrected chi connectivity index (χ2v) is 5.06. The van der Waals surface area contributed by atoms with Gasteiger partial charge in [0.15, 0.2) is 0 Å². The van der Waals surface area contributed by atoms with Crippen LogP contribution in [0.25, 0.3) is 0 Å². The lowest BCUT2D eigenvalue weighted by molar-refractivity contribution is 0.303. The van der Waals surface area contributed by atoms with Crippen LogP contribution in [0.15, 0.2) is 52.1 Å². The second-order valence-electron chi connectivity index (χ2n) is 4.14. The van der Waals surface area contributed by atoms with Gasteiger partial charge in [-0.1, -0.05) is 45.4 Å². The number of ether oxygens (including phenoxy) is 1. The lowest BCUT2D eigenvalue weighted by Crippen LogP contribution is -2.00. The van der Waals surface area contributed by atoms with E-state index in [1.807, 2.05) is 36.4 Å². The molecule has 0 aliphatic heterocycles. The Morgan fingerprint density at radius 2 is 2.05 bits per heavy atom. The minimum atomic E-state index is 0.487. The zero-order valence-electron chi connectivity index (χ0n) is 10.5. The van der Waals surface area contributed by atoms with Gasteiger partial charge in [0, 0.05) is 10.0 Å². The molecule has 0 amide bonds. The number of aryl methyl sites for hydroxylation is 1. The van der Waals surface area contributed by atoms with E-state index in [4.69, 9.17) is 9.94 Å².